The number of carboxylic acids is 1. The van der Waals surface area contributed by atoms with Gasteiger partial charge in [-0.2, -0.15) is 0 Å². The zero-order chi connectivity index (χ0) is 16.7. The molecule has 0 saturated carbocycles. The molecule has 0 bridgehead atoms. The molecule has 2 amide bonds. The summed E-state index contributed by atoms with van der Waals surface area (Å²) in [6, 6.07) is -2.75. The predicted octanol–water partition coefficient (Wildman–Crippen LogP) is -2.04. The number of aromatic nitrogens is 2. The van der Waals surface area contributed by atoms with E-state index in [1.165, 1.54) is 6.92 Å². The highest BCUT2D eigenvalue weighted by Crippen LogP contribution is 2.09. The highest BCUT2D eigenvalue weighted by atomic mass is 16.4. The molecule has 0 aliphatic carbocycles. The predicted molar refractivity (Wildman–Crippen MR) is 71.7 cm³/mol. The van der Waals surface area contributed by atoms with Crippen LogP contribution in [0.1, 0.15) is 24.7 Å². The van der Waals surface area contributed by atoms with E-state index in [0.29, 0.717) is 0 Å². The molecule has 2 unspecified atom stereocenters. The number of carbonyl (C=O) groups is 2. The molecule has 3 atom stereocenters. The van der Waals surface area contributed by atoms with E-state index in [1.807, 2.05) is 0 Å². The summed E-state index contributed by atoms with van der Waals surface area (Å²) in [6.07, 6.45) is -1.25. The number of nitrogens with zero attached hydrogens (tertiary/aromatic N) is 2. The Hall–Kier alpha value is -2.24. The van der Waals surface area contributed by atoms with Crippen molar-refractivity contribution in [2.75, 3.05) is 13.7 Å². The van der Waals surface area contributed by atoms with Crippen LogP contribution in [-0.4, -0.2) is 63.3 Å². The molecular formula is C11H19N5O6. The molecule has 0 saturated heterocycles. The molecule has 11 heteroatoms. The highest BCUT2D eigenvalue weighted by Gasteiger charge is 2.25. The van der Waals surface area contributed by atoms with Crippen LogP contribution in [0, 0.1) is 0 Å². The third-order valence-electron chi connectivity index (χ3n) is 2.75. The number of aliphatic hydroxyl groups excluding tert-OH is 2. The van der Waals surface area contributed by atoms with Crippen LogP contribution in [0.2, 0.25) is 0 Å². The van der Waals surface area contributed by atoms with Crippen molar-refractivity contribution in [2.24, 2.45) is 0 Å². The molecule has 124 valence electrons. The van der Waals surface area contributed by atoms with Gasteiger partial charge < -0.3 is 35.7 Å². The lowest BCUT2D eigenvalue weighted by Crippen LogP contribution is -2.51. The SMILES string of the molecule is CN[C@@H](CO)c1nnc(CNC(=O)NC(C(=O)O)C(C)O)o1. The zero-order valence-electron chi connectivity index (χ0n) is 12.1. The summed E-state index contributed by atoms with van der Waals surface area (Å²) < 4.78 is 5.22. The molecular weight excluding hydrogens is 298 g/mol. The third kappa shape index (κ3) is 4.95. The third-order valence-corrected chi connectivity index (χ3v) is 2.75. The Morgan fingerprint density at radius 2 is 2.05 bits per heavy atom. The van der Waals surface area contributed by atoms with Gasteiger partial charge in [0.15, 0.2) is 6.04 Å². The van der Waals surface area contributed by atoms with Gasteiger partial charge in [0, 0.05) is 0 Å². The molecule has 0 fully saturated rings. The maximum absolute atomic E-state index is 11.5. The van der Waals surface area contributed by atoms with Crippen molar-refractivity contribution in [2.45, 2.75) is 31.7 Å². The van der Waals surface area contributed by atoms with Gasteiger partial charge in [0.1, 0.15) is 6.04 Å². The second kappa shape index (κ2) is 8.26. The molecule has 11 nitrogen and oxygen atoms in total. The lowest BCUT2D eigenvalue weighted by molar-refractivity contribution is -0.141. The monoisotopic (exact) mass is 317 g/mol. The van der Waals surface area contributed by atoms with Crippen molar-refractivity contribution in [3.05, 3.63) is 11.8 Å². The fraction of sp³-hybridized carbons (Fsp3) is 0.636. The Labute approximate surface area is 125 Å². The smallest absolute Gasteiger partial charge is 0.328 e. The van der Waals surface area contributed by atoms with E-state index in [0.717, 1.165) is 0 Å². The Balaban J connectivity index is 2.52. The van der Waals surface area contributed by atoms with Crippen molar-refractivity contribution in [1.29, 1.82) is 0 Å². The maximum atomic E-state index is 11.5. The molecule has 1 heterocycles. The minimum Gasteiger partial charge on any atom is -0.480 e. The summed E-state index contributed by atoms with van der Waals surface area (Å²) in [5.74, 6) is -1.11. The number of hydrogen-bond acceptors (Lipinski definition) is 8. The summed E-state index contributed by atoms with van der Waals surface area (Å²) in [5.41, 5.74) is 0. The number of aliphatic carboxylic acids is 1. The number of rotatable bonds is 8. The van der Waals surface area contributed by atoms with E-state index in [4.69, 9.17) is 14.6 Å². The Morgan fingerprint density at radius 1 is 1.36 bits per heavy atom. The van der Waals surface area contributed by atoms with Crippen molar-refractivity contribution in [1.82, 2.24) is 26.1 Å². The molecule has 0 aliphatic rings. The minimum absolute atomic E-state index is 0.0859. The molecule has 22 heavy (non-hydrogen) atoms. The minimum atomic E-state index is -1.43. The first-order chi connectivity index (χ1) is 10.4. The maximum Gasteiger partial charge on any atom is 0.328 e. The number of hydrogen-bond donors (Lipinski definition) is 6. The van der Waals surface area contributed by atoms with Crippen LogP contribution in [0.3, 0.4) is 0 Å². The van der Waals surface area contributed by atoms with E-state index >= 15 is 0 Å². The van der Waals surface area contributed by atoms with Gasteiger partial charge in [-0.15, -0.1) is 10.2 Å². The number of nitrogens with one attached hydrogen (secondary N) is 3. The fourth-order valence-electron chi connectivity index (χ4n) is 1.51. The summed E-state index contributed by atoms with van der Waals surface area (Å²) in [6.45, 7) is 0.879. The number of likely N-dealkylation sites (N-methyl/N-ethyl adjacent to an activating group) is 1. The average Bonchev–Trinajstić information content (AvgIpc) is 2.92. The van der Waals surface area contributed by atoms with Crippen LogP contribution in [0.4, 0.5) is 4.79 Å². The first kappa shape index (κ1) is 17.8. The van der Waals surface area contributed by atoms with Gasteiger partial charge in [-0.1, -0.05) is 0 Å². The fourth-order valence-corrected chi connectivity index (χ4v) is 1.51. The highest BCUT2D eigenvalue weighted by molar-refractivity contribution is 5.82. The number of aliphatic hydroxyl groups is 2. The second-order valence-electron chi connectivity index (χ2n) is 4.44. The topological polar surface area (TPSA) is 170 Å². The van der Waals surface area contributed by atoms with Crippen LogP contribution in [0.25, 0.3) is 0 Å². The van der Waals surface area contributed by atoms with E-state index in [1.54, 1.807) is 7.05 Å². The molecule has 6 N–H and O–H groups in total. The van der Waals surface area contributed by atoms with Crippen LogP contribution in [0.15, 0.2) is 4.42 Å². The van der Waals surface area contributed by atoms with Crippen molar-refractivity contribution < 1.29 is 29.3 Å². The lowest BCUT2D eigenvalue weighted by atomic mass is 10.2. The van der Waals surface area contributed by atoms with Gasteiger partial charge >= 0.3 is 12.0 Å². The van der Waals surface area contributed by atoms with Crippen molar-refractivity contribution >= 4 is 12.0 Å². The molecule has 1 rings (SSSR count). The summed E-state index contributed by atoms with van der Waals surface area (Å²) in [4.78, 5) is 22.4. The van der Waals surface area contributed by atoms with Crippen LogP contribution < -0.4 is 16.0 Å². The summed E-state index contributed by atoms with van der Waals surface area (Å²) >= 11 is 0. The quantitative estimate of drug-likeness (QED) is 0.316. The van der Waals surface area contributed by atoms with Crippen molar-refractivity contribution in [3.8, 4) is 0 Å². The molecule has 0 aliphatic heterocycles. The van der Waals surface area contributed by atoms with Gasteiger partial charge in [-0.25, -0.2) is 9.59 Å². The lowest BCUT2D eigenvalue weighted by Gasteiger charge is -2.16. The normalized spacial score (nSPS) is 14.9. The number of carboxylic acid groups (broad SMARTS) is 1. The standard InChI is InChI=1S/C11H19N5O6/c1-5(18)8(10(19)20)14-11(21)13-3-7-15-16-9(22-7)6(4-17)12-2/h5-6,8,12,17-18H,3-4H2,1-2H3,(H,19,20)(H2,13,14,21)/t5?,6-,8?/m0/s1. The van der Waals surface area contributed by atoms with Crippen molar-refractivity contribution in [3.63, 3.8) is 0 Å². The van der Waals surface area contributed by atoms with Crippen LogP contribution in [-0.2, 0) is 11.3 Å². The number of urea groups is 1. The van der Waals surface area contributed by atoms with E-state index < -0.39 is 30.2 Å². The zero-order valence-corrected chi connectivity index (χ0v) is 12.1. The Bertz CT molecular complexity index is 501. The van der Waals surface area contributed by atoms with E-state index in [2.05, 4.69) is 26.1 Å². The van der Waals surface area contributed by atoms with E-state index in [-0.39, 0.29) is 24.9 Å². The first-order valence-electron chi connectivity index (χ1n) is 6.44. The molecule has 1 aromatic heterocycles. The van der Waals surface area contributed by atoms with Gasteiger partial charge in [0.25, 0.3) is 0 Å². The second-order valence-corrected chi connectivity index (χ2v) is 4.44. The van der Waals surface area contributed by atoms with Crippen LogP contribution in [0.5, 0.6) is 0 Å². The van der Waals surface area contributed by atoms with Gasteiger partial charge in [0.05, 0.1) is 19.3 Å². The van der Waals surface area contributed by atoms with Gasteiger partial charge in [0.2, 0.25) is 11.8 Å². The van der Waals surface area contributed by atoms with Crippen LogP contribution >= 0.6 is 0 Å². The number of carbonyl (C=O) groups excluding carboxylic acids is 1. The van der Waals surface area contributed by atoms with Gasteiger partial charge in [-0.3, -0.25) is 0 Å². The summed E-state index contributed by atoms with van der Waals surface area (Å²) in [5, 5.41) is 41.7. The average molecular weight is 317 g/mol. The summed E-state index contributed by atoms with van der Waals surface area (Å²) in [7, 11) is 1.61. The molecule has 1 aromatic rings. The number of amides is 2. The largest absolute Gasteiger partial charge is 0.480 e. The Morgan fingerprint density at radius 3 is 2.55 bits per heavy atom. The van der Waals surface area contributed by atoms with E-state index in [9.17, 15) is 14.7 Å². The molecule has 0 radical (unpaired) electrons. The Kier molecular flexibility index (Phi) is 6.69. The molecule has 0 aromatic carbocycles. The van der Waals surface area contributed by atoms with Gasteiger partial charge in [-0.05, 0) is 14.0 Å². The molecule has 0 spiro atoms. The first-order valence-corrected chi connectivity index (χ1v) is 6.44.